The van der Waals surface area contributed by atoms with E-state index in [0.717, 1.165) is 17.0 Å². The van der Waals surface area contributed by atoms with Gasteiger partial charge in [0.25, 0.3) is 0 Å². The van der Waals surface area contributed by atoms with Crippen molar-refractivity contribution in [2.45, 2.75) is 58.2 Å². The predicted molar refractivity (Wildman–Crippen MR) is 101 cm³/mol. The van der Waals surface area contributed by atoms with Gasteiger partial charge in [0.2, 0.25) is 0 Å². The van der Waals surface area contributed by atoms with Gasteiger partial charge in [0, 0.05) is 22.0 Å². The van der Waals surface area contributed by atoms with E-state index in [4.69, 9.17) is 14.0 Å². The molecule has 0 bridgehead atoms. The van der Waals surface area contributed by atoms with Crippen LogP contribution in [0.2, 0.25) is 0 Å². The van der Waals surface area contributed by atoms with E-state index in [1.807, 2.05) is 18.2 Å². The highest BCUT2D eigenvalue weighted by molar-refractivity contribution is 6.63. The standard InChI is InChI=1S/C21H25BO3/c1-19(2)14-10-7-8-13-17(14)23-18-15(19)11-9-12-16(18)22-24-20(3,4)21(5,6)25-22/h7-13H,1-6H3. The van der Waals surface area contributed by atoms with Crippen LogP contribution < -0.4 is 10.2 Å². The number of fused-ring (bicyclic) bond motifs is 2. The molecule has 0 atom stereocenters. The fourth-order valence-corrected chi connectivity index (χ4v) is 3.64. The van der Waals surface area contributed by atoms with E-state index in [2.05, 4.69) is 65.8 Å². The van der Waals surface area contributed by atoms with Gasteiger partial charge in [-0.25, -0.2) is 0 Å². The molecule has 25 heavy (non-hydrogen) atoms. The van der Waals surface area contributed by atoms with Gasteiger partial charge in [-0.1, -0.05) is 50.2 Å². The molecule has 2 heterocycles. The van der Waals surface area contributed by atoms with Crippen molar-refractivity contribution in [2.24, 2.45) is 0 Å². The molecule has 0 spiro atoms. The zero-order valence-corrected chi connectivity index (χ0v) is 15.8. The summed E-state index contributed by atoms with van der Waals surface area (Å²) in [6, 6.07) is 14.5. The molecule has 0 N–H and O–H groups in total. The molecule has 0 aromatic heterocycles. The topological polar surface area (TPSA) is 27.7 Å². The van der Waals surface area contributed by atoms with Gasteiger partial charge in [-0.3, -0.25) is 0 Å². The summed E-state index contributed by atoms with van der Waals surface area (Å²) in [6.07, 6.45) is 0. The van der Waals surface area contributed by atoms with Crippen molar-refractivity contribution in [3.63, 3.8) is 0 Å². The Kier molecular flexibility index (Phi) is 3.42. The molecule has 2 aromatic carbocycles. The minimum atomic E-state index is -0.430. The molecule has 0 aliphatic carbocycles. The Bertz CT molecular complexity index is 823. The van der Waals surface area contributed by atoms with Crippen LogP contribution in [0.25, 0.3) is 0 Å². The Morgan fingerprint density at radius 1 is 0.720 bits per heavy atom. The first-order valence-electron chi connectivity index (χ1n) is 8.90. The summed E-state index contributed by atoms with van der Waals surface area (Å²) in [5, 5.41) is 0. The molecule has 2 aliphatic rings. The molecule has 0 amide bonds. The lowest BCUT2D eigenvalue weighted by Crippen LogP contribution is -2.41. The van der Waals surface area contributed by atoms with Crippen LogP contribution in [0.5, 0.6) is 11.5 Å². The summed E-state index contributed by atoms with van der Waals surface area (Å²) in [4.78, 5) is 0. The van der Waals surface area contributed by atoms with E-state index in [1.165, 1.54) is 11.1 Å². The van der Waals surface area contributed by atoms with Crippen LogP contribution >= 0.6 is 0 Å². The third-order valence-corrected chi connectivity index (χ3v) is 6.00. The van der Waals surface area contributed by atoms with Crippen LogP contribution in [0.15, 0.2) is 42.5 Å². The molecule has 4 rings (SSSR count). The number of benzene rings is 2. The Hall–Kier alpha value is -1.78. The number of ether oxygens (including phenoxy) is 1. The third kappa shape index (κ3) is 2.35. The molecule has 1 fully saturated rings. The lowest BCUT2D eigenvalue weighted by atomic mass is 9.70. The molecule has 4 heteroatoms. The van der Waals surface area contributed by atoms with Crippen LogP contribution in [0.4, 0.5) is 0 Å². The van der Waals surface area contributed by atoms with Crippen LogP contribution in [0, 0.1) is 0 Å². The first-order valence-corrected chi connectivity index (χ1v) is 8.90. The average Bonchev–Trinajstić information content (AvgIpc) is 2.75. The molecule has 130 valence electrons. The Morgan fingerprint density at radius 3 is 2.00 bits per heavy atom. The predicted octanol–water partition coefficient (Wildman–Crippen LogP) is 4.42. The molecule has 2 aromatic rings. The van der Waals surface area contributed by atoms with Crippen molar-refractivity contribution in [3.8, 4) is 11.5 Å². The van der Waals surface area contributed by atoms with Crippen LogP contribution in [0.1, 0.15) is 52.7 Å². The summed E-state index contributed by atoms with van der Waals surface area (Å²) >= 11 is 0. The smallest absolute Gasteiger partial charge is 0.457 e. The second-order valence-corrected chi connectivity index (χ2v) is 8.54. The molecule has 2 aliphatic heterocycles. The van der Waals surface area contributed by atoms with Gasteiger partial charge < -0.3 is 14.0 Å². The van der Waals surface area contributed by atoms with Gasteiger partial charge >= 0.3 is 7.12 Å². The second kappa shape index (κ2) is 5.12. The third-order valence-electron chi connectivity index (χ3n) is 6.00. The maximum atomic E-state index is 6.33. The summed E-state index contributed by atoms with van der Waals surface area (Å²) in [6.45, 7) is 12.8. The monoisotopic (exact) mass is 336 g/mol. The lowest BCUT2D eigenvalue weighted by molar-refractivity contribution is 0.00578. The maximum absolute atomic E-state index is 6.33. The normalized spacial score (nSPS) is 22.1. The van der Waals surface area contributed by atoms with Gasteiger partial charge in [0.15, 0.2) is 0 Å². The van der Waals surface area contributed by atoms with Crippen molar-refractivity contribution in [1.82, 2.24) is 0 Å². The largest absolute Gasteiger partial charge is 0.498 e. The van der Waals surface area contributed by atoms with Gasteiger partial charge in [0.1, 0.15) is 11.5 Å². The van der Waals surface area contributed by atoms with E-state index < -0.39 is 7.12 Å². The zero-order valence-electron chi connectivity index (χ0n) is 15.8. The Morgan fingerprint density at radius 2 is 1.32 bits per heavy atom. The van der Waals surface area contributed by atoms with Crippen molar-refractivity contribution in [1.29, 1.82) is 0 Å². The fourth-order valence-electron chi connectivity index (χ4n) is 3.64. The number of hydrogen-bond acceptors (Lipinski definition) is 3. The molecule has 3 nitrogen and oxygen atoms in total. The molecule has 1 saturated heterocycles. The van der Waals surface area contributed by atoms with E-state index in [-0.39, 0.29) is 16.6 Å². The van der Waals surface area contributed by atoms with Crippen LogP contribution in [-0.2, 0) is 14.7 Å². The van der Waals surface area contributed by atoms with Gasteiger partial charge in [0.05, 0.1) is 11.2 Å². The van der Waals surface area contributed by atoms with E-state index in [1.54, 1.807) is 0 Å². The SMILES string of the molecule is CC1(C)c2ccccc2Oc2c(B3OC(C)(C)C(C)(C)O3)cccc21. The molecule has 0 radical (unpaired) electrons. The second-order valence-electron chi connectivity index (χ2n) is 8.54. The van der Waals surface area contributed by atoms with Crippen LogP contribution in [-0.4, -0.2) is 18.3 Å². The van der Waals surface area contributed by atoms with Crippen molar-refractivity contribution in [3.05, 3.63) is 53.6 Å². The summed E-state index contributed by atoms with van der Waals surface area (Å²) in [7, 11) is -0.430. The van der Waals surface area contributed by atoms with E-state index in [9.17, 15) is 0 Å². The van der Waals surface area contributed by atoms with Crippen molar-refractivity contribution < 1.29 is 14.0 Å². The summed E-state index contributed by atoms with van der Waals surface area (Å²) in [5.74, 6) is 1.77. The Balaban J connectivity index is 1.83. The maximum Gasteiger partial charge on any atom is 0.498 e. The number of para-hydroxylation sites is 2. The number of rotatable bonds is 1. The minimum Gasteiger partial charge on any atom is -0.457 e. The first kappa shape index (κ1) is 16.7. The molecular weight excluding hydrogens is 311 g/mol. The minimum absolute atomic E-state index is 0.135. The highest BCUT2D eigenvalue weighted by Gasteiger charge is 2.53. The van der Waals surface area contributed by atoms with Crippen molar-refractivity contribution in [2.75, 3.05) is 0 Å². The highest BCUT2D eigenvalue weighted by atomic mass is 16.7. The van der Waals surface area contributed by atoms with Gasteiger partial charge in [-0.05, 0) is 33.8 Å². The molecule has 0 unspecified atom stereocenters. The van der Waals surface area contributed by atoms with E-state index in [0.29, 0.717) is 0 Å². The highest BCUT2D eigenvalue weighted by Crippen LogP contribution is 2.47. The molecule has 0 saturated carbocycles. The quantitative estimate of drug-likeness (QED) is 0.722. The average molecular weight is 336 g/mol. The van der Waals surface area contributed by atoms with Gasteiger partial charge in [-0.15, -0.1) is 0 Å². The molecular formula is C21H25BO3. The summed E-state index contributed by atoms with van der Waals surface area (Å²) < 4.78 is 18.9. The zero-order chi connectivity index (χ0) is 18.0. The van der Waals surface area contributed by atoms with Crippen molar-refractivity contribution >= 4 is 12.6 Å². The lowest BCUT2D eigenvalue weighted by Gasteiger charge is -2.35. The van der Waals surface area contributed by atoms with Gasteiger partial charge in [-0.2, -0.15) is 0 Å². The van der Waals surface area contributed by atoms with E-state index >= 15 is 0 Å². The Labute approximate surface area is 150 Å². The fraction of sp³-hybridized carbons (Fsp3) is 0.429. The number of hydrogen-bond donors (Lipinski definition) is 0. The summed E-state index contributed by atoms with van der Waals surface area (Å²) in [5.41, 5.74) is 2.44. The first-order chi connectivity index (χ1) is 11.6. The van der Waals surface area contributed by atoms with Crippen LogP contribution in [0.3, 0.4) is 0 Å².